The van der Waals surface area contributed by atoms with Crippen molar-refractivity contribution >= 4 is 11.5 Å². The molecule has 0 saturated heterocycles. The molecule has 0 spiro atoms. The van der Waals surface area contributed by atoms with E-state index < -0.39 is 0 Å². The smallest absolute Gasteiger partial charge is 0.247 e. The van der Waals surface area contributed by atoms with E-state index in [1.54, 1.807) is 20.3 Å². The van der Waals surface area contributed by atoms with Gasteiger partial charge in [0.25, 0.3) is 0 Å². The van der Waals surface area contributed by atoms with E-state index in [2.05, 4.69) is 0 Å². The Balaban J connectivity index is 1.83. The molecule has 0 heterocycles. The maximum absolute atomic E-state index is 12.9. The Morgan fingerprint density at radius 1 is 1.12 bits per heavy atom. The molecular weight excluding hydrogens is 326 g/mol. The van der Waals surface area contributed by atoms with Crippen molar-refractivity contribution < 1.29 is 14.3 Å². The van der Waals surface area contributed by atoms with Crippen molar-refractivity contribution in [3.8, 4) is 11.5 Å². The number of amides is 1. The number of hydrogen-bond donors (Lipinski definition) is 0. The Hall–Kier alpha value is -2.75. The first-order valence-electron chi connectivity index (χ1n) is 8.87. The second kappa shape index (κ2) is 8.09. The van der Waals surface area contributed by atoms with Crippen LogP contribution in [0.2, 0.25) is 0 Å². The summed E-state index contributed by atoms with van der Waals surface area (Å²) in [6.07, 6.45) is 3.84. The molecule has 0 radical (unpaired) electrons. The zero-order valence-electron chi connectivity index (χ0n) is 15.6. The summed E-state index contributed by atoms with van der Waals surface area (Å²) in [5.41, 5.74) is 2.99. The standard InChI is InChI=1S/C22H25NO3/c1-16(17-7-5-4-6-8-17)13-22(24)23(19-9-10-19)15-18-14-20(25-2)11-12-21(18)26-3/h4-8,11-14,19H,9-10,15H2,1-3H3/b16-13+. The van der Waals surface area contributed by atoms with Crippen LogP contribution in [0.3, 0.4) is 0 Å². The zero-order chi connectivity index (χ0) is 18.5. The van der Waals surface area contributed by atoms with Gasteiger partial charge in [-0.05, 0) is 49.1 Å². The number of hydrogen-bond acceptors (Lipinski definition) is 3. The Labute approximate surface area is 155 Å². The van der Waals surface area contributed by atoms with E-state index in [9.17, 15) is 4.79 Å². The molecule has 0 aromatic heterocycles. The third-order valence-electron chi connectivity index (χ3n) is 4.67. The highest BCUT2D eigenvalue weighted by Gasteiger charge is 2.32. The number of allylic oxidation sites excluding steroid dienone is 1. The lowest BCUT2D eigenvalue weighted by atomic mass is 10.1. The molecule has 0 atom stereocenters. The van der Waals surface area contributed by atoms with Crippen LogP contribution in [0, 0.1) is 0 Å². The van der Waals surface area contributed by atoms with Crippen molar-refractivity contribution in [2.24, 2.45) is 0 Å². The average Bonchev–Trinajstić information content (AvgIpc) is 3.51. The molecule has 4 heteroatoms. The van der Waals surface area contributed by atoms with E-state index in [0.29, 0.717) is 12.6 Å². The number of rotatable bonds is 7. The minimum atomic E-state index is 0.0405. The molecular formula is C22H25NO3. The third kappa shape index (κ3) is 4.26. The number of benzene rings is 2. The van der Waals surface area contributed by atoms with Crippen molar-refractivity contribution in [2.75, 3.05) is 14.2 Å². The van der Waals surface area contributed by atoms with Crippen LogP contribution in [0.25, 0.3) is 5.57 Å². The lowest BCUT2D eigenvalue weighted by Crippen LogP contribution is -2.31. The second-order valence-electron chi connectivity index (χ2n) is 6.57. The summed E-state index contributed by atoms with van der Waals surface area (Å²) >= 11 is 0. The summed E-state index contributed by atoms with van der Waals surface area (Å²) in [5.74, 6) is 1.58. The van der Waals surface area contributed by atoms with Crippen LogP contribution in [0.15, 0.2) is 54.6 Å². The van der Waals surface area contributed by atoms with Crippen LogP contribution in [-0.4, -0.2) is 31.1 Å². The first kappa shape index (κ1) is 18.1. The minimum Gasteiger partial charge on any atom is -0.497 e. The molecule has 1 amide bonds. The number of nitrogens with zero attached hydrogens (tertiary/aromatic N) is 1. The number of carbonyl (C=O) groups excluding carboxylic acids is 1. The molecule has 3 rings (SSSR count). The van der Waals surface area contributed by atoms with Crippen LogP contribution in [0.1, 0.15) is 30.9 Å². The van der Waals surface area contributed by atoms with Gasteiger partial charge in [0.05, 0.1) is 20.8 Å². The van der Waals surface area contributed by atoms with Crippen LogP contribution in [0.5, 0.6) is 11.5 Å². The van der Waals surface area contributed by atoms with Gasteiger partial charge in [0.1, 0.15) is 11.5 Å². The summed E-state index contributed by atoms with van der Waals surface area (Å²) in [6.45, 7) is 2.49. The molecule has 136 valence electrons. The normalized spacial score (nSPS) is 14.0. The average molecular weight is 351 g/mol. The van der Waals surface area contributed by atoms with Gasteiger partial charge >= 0.3 is 0 Å². The van der Waals surface area contributed by atoms with Crippen molar-refractivity contribution in [2.45, 2.75) is 32.4 Å². The Morgan fingerprint density at radius 3 is 2.46 bits per heavy atom. The fourth-order valence-corrected chi connectivity index (χ4v) is 3.01. The van der Waals surface area contributed by atoms with Crippen molar-refractivity contribution in [3.05, 3.63) is 65.7 Å². The highest BCUT2D eigenvalue weighted by atomic mass is 16.5. The van der Waals surface area contributed by atoms with Crippen LogP contribution in [-0.2, 0) is 11.3 Å². The molecule has 0 N–H and O–H groups in total. The Bertz CT molecular complexity index is 794. The van der Waals surface area contributed by atoms with Gasteiger partial charge in [0, 0.05) is 17.7 Å². The topological polar surface area (TPSA) is 38.8 Å². The van der Waals surface area contributed by atoms with Crippen molar-refractivity contribution in [1.29, 1.82) is 0 Å². The zero-order valence-corrected chi connectivity index (χ0v) is 15.6. The SMILES string of the molecule is COc1ccc(OC)c(CN(C(=O)/C=C(\C)c2ccccc2)C2CC2)c1. The van der Waals surface area contributed by atoms with Gasteiger partial charge in [-0.15, -0.1) is 0 Å². The van der Waals surface area contributed by atoms with E-state index in [1.165, 1.54) is 0 Å². The lowest BCUT2D eigenvalue weighted by Gasteiger charge is -2.23. The minimum absolute atomic E-state index is 0.0405. The fourth-order valence-electron chi connectivity index (χ4n) is 3.01. The largest absolute Gasteiger partial charge is 0.497 e. The fraction of sp³-hybridized carbons (Fsp3) is 0.318. The van der Waals surface area contributed by atoms with Gasteiger partial charge in [-0.3, -0.25) is 4.79 Å². The first-order valence-corrected chi connectivity index (χ1v) is 8.87. The quantitative estimate of drug-likeness (QED) is 0.698. The summed E-state index contributed by atoms with van der Waals surface area (Å²) in [4.78, 5) is 14.9. The lowest BCUT2D eigenvalue weighted by molar-refractivity contribution is -0.127. The molecule has 1 aliphatic rings. The maximum atomic E-state index is 12.9. The highest BCUT2D eigenvalue weighted by Crippen LogP contribution is 2.32. The summed E-state index contributed by atoms with van der Waals surface area (Å²) in [5, 5.41) is 0. The van der Waals surface area contributed by atoms with Crippen LogP contribution < -0.4 is 9.47 Å². The predicted molar refractivity (Wildman–Crippen MR) is 103 cm³/mol. The molecule has 2 aromatic rings. The molecule has 0 bridgehead atoms. The van der Waals surface area contributed by atoms with Gasteiger partial charge in [0.2, 0.25) is 5.91 Å². The monoisotopic (exact) mass is 351 g/mol. The van der Waals surface area contributed by atoms with Gasteiger partial charge in [-0.2, -0.15) is 0 Å². The van der Waals surface area contributed by atoms with E-state index >= 15 is 0 Å². The molecule has 26 heavy (non-hydrogen) atoms. The van der Waals surface area contributed by atoms with Gasteiger partial charge in [-0.1, -0.05) is 30.3 Å². The van der Waals surface area contributed by atoms with Gasteiger partial charge in [0.15, 0.2) is 0 Å². The maximum Gasteiger partial charge on any atom is 0.247 e. The molecule has 1 saturated carbocycles. The molecule has 2 aromatic carbocycles. The number of carbonyl (C=O) groups is 1. The van der Waals surface area contributed by atoms with Crippen LogP contribution >= 0.6 is 0 Å². The first-order chi connectivity index (χ1) is 12.6. The Kier molecular flexibility index (Phi) is 5.61. The molecule has 0 unspecified atom stereocenters. The van der Waals surface area contributed by atoms with Crippen molar-refractivity contribution in [3.63, 3.8) is 0 Å². The Morgan fingerprint density at radius 2 is 1.85 bits per heavy atom. The molecule has 4 nitrogen and oxygen atoms in total. The van der Waals surface area contributed by atoms with E-state index in [1.807, 2.05) is 60.4 Å². The summed E-state index contributed by atoms with van der Waals surface area (Å²) in [7, 11) is 3.29. The highest BCUT2D eigenvalue weighted by molar-refractivity contribution is 5.95. The van der Waals surface area contributed by atoms with E-state index in [0.717, 1.165) is 41.0 Å². The third-order valence-corrected chi connectivity index (χ3v) is 4.67. The second-order valence-corrected chi connectivity index (χ2v) is 6.57. The summed E-state index contributed by atoms with van der Waals surface area (Å²) in [6, 6.07) is 16.0. The molecule has 1 fully saturated rings. The van der Waals surface area contributed by atoms with Gasteiger partial charge < -0.3 is 14.4 Å². The number of ether oxygens (including phenoxy) is 2. The van der Waals surface area contributed by atoms with E-state index in [-0.39, 0.29) is 5.91 Å². The molecule has 1 aliphatic carbocycles. The number of methoxy groups -OCH3 is 2. The van der Waals surface area contributed by atoms with Gasteiger partial charge in [-0.25, -0.2) is 0 Å². The summed E-state index contributed by atoms with van der Waals surface area (Å²) < 4.78 is 10.8. The van der Waals surface area contributed by atoms with Crippen molar-refractivity contribution in [1.82, 2.24) is 4.90 Å². The molecule has 0 aliphatic heterocycles. The van der Waals surface area contributed by atoms with Crippen LogP contribution in [0.4, 0.5) is 0 Å². The predicted octanol–water partition coefficient (Wildman–Crippen LogP) is 4.30. The van der Waals surface area contributed by atoms with E-state index in [4.69, 9.17) is 9.47 Å².